The van der Waals surface area contributed by atoms with E-state index >= 15 is 0 Å². The lowest BCUT2D eigenvalue weighted by Crippen LogP contribution is -2.33. The molecule has 0 N–H and O–H groups in total. The molecule has 16 unspecified atom stereocenters. The van der Waals surface area contributed by atoms with Gasteiger partial charge in [0.2, 0.25) is 23.6 Å². The number of carbonyl (C=O) groups is 4. The highest BCUT2D eigenvalue weighted by Gasteiger charge is 2.60. The van der Waals surface area contributed by atoms with Crippen LogP contribution >= 0.6 is 0 Å². The number of rotatable bonds is 60. The van der Waals surface area contributed by atoms with E-state index in [-0.39, 0.29) is 115 Å². The summed E-state index contributed by atoms with van der Waals surface area (Å²) < 4.78 is 2.72. The maximum atomic E-state index is 13.9. The van der Waals surface area contributed by atoms with Crippen LogP contribution in [0.3, 0.4) is 0 Å². The SMILES string of the molecule is CCCCCCCCC1C(CCCCCC)CC(CCCCCCCCn2c(=O)c3cc4c(=O)n(CCCCCCCCC5CC(CCCCCCCCN6C(=O)C7C8C=CC(C8)C7C6=O)CC(CCCCCC)C5CCCCCCCC)c(=O)c4cc3c2=O)CC1CCCCCCCCN1C(=O)C2C3C=CC(C3)C2C1=O. The third-order valence-electron chi connectivity index (χ3n) is 30.7. The van der Waals surface area contributed by atoms with Crippen molar-refractivity contribution in [3.05, 3.63) is 77.9 Å². The van der Waals surface area contributed by atoms with Gasteiger partial charge in [-0.05, 0) is 160 Å². The lowest BCUT2D eigenvalue weighted by molar-refractivity contribution is -0.142. The average molecular weight is 1540 g/mol. The summed E-state index contributed by atoms with van der Waals surface area (Å²) in [6.07, 6.45) is 81.7. The van der Waals surface area contributed by atoms with Crippen LogP contribution < -0.4 is 22.2 Å². The lowest BCUT2D eigenvalue weighted by Gasteiger charge is -2.43. The molecule has 1 aromatic carbocycles. The molecule has 12 nitrogen and oxygen atoms in total. The highest BCUT2D eigenvalue weighted by atomic mass is 16.2. The van der Waals surface area contributed by atoms with E-state index in [2.05, 4.69) is 52.0 Å². The third-order valence-corrected chi connectivity index (χ3v) is 30.7. The van der Waals surface area contributed by atoms with E-state index in [1.165, 1.54) is 304 Å². The first-order chi connectivity index (χ1) is 54.8. The lowest BCUT2D eigenvalue weighted by atomic mass is 9.62. The molecule has 112 heavy (non-hydrogen) atoms. The molecule has 12 heteroatoms. The molecule has 2 aromatic heterocycles. The highest BCUT2D eigenvalue weighted by Crippen LogP contribution is 2.55. The molecule has 8 aliphatic rings. The Morgan fingerprint density at radius 1 is 0.241 bits per heavy atom. The molecule has 11 rings (SSSR count). The number of hydrogen-bond donors (Lipinski definition) is 0. The number of likely N-dealkylation sites (tertiary alicyclic amines) is 2. The second-order valence-electron chi connectivity index (χ2n) is 38.6. The van der Waals surface area contributed by atoms with Crippen molar-refractivity contribution in [1.82, 2.24) is 18.9 Å². The molecule has 2 aliphatic heterocycles. The van der Waals surface area contributed by atoms with Crippen LogP contribution in [0.15, 0.2) is 55.6 Å². The van der Waals surface area contributed by atoms with Gasteiger partial charge in [0.15, 0.2) is 0 Å². The summed E-state index contributed by atoms with van der Waals surface area (Å²) in [6, 6.07) is 3.10. The predicted octanol–water partition coefficient (Wildman–Crippen LogP) is 24.4. The first-order valence-electron chi connectivity index (χ1n) is 48.8. The second kappa shape index (κ2) is 46.4. The standard InChI is InChI=1S/C100H158N4O8/c1-5-9-13-17-31-43-55-83-76(52-40-16-12-8-4)66-74(50-38-28-20-24-35-47-63-103-97(109)89-79-57-58-80(69-79)90(89)98(103)110)68-77(83)53-41-29-21-25-34-46-62-102-95(107)87-71-85-86(72-88(87)96(102)108)94(106)101(93(85)105)61-45-33-23-19-27-37-49-73-65-75(51-39-15-11-7-3)84(56-44-32-18-14-10-6-2)78(67-73)54-42-30-22-26-36-48-64-104-99(111)91-81-59-60-82(70-81)92(91)100(104)112/h57-60,71-84,89-92H,5-56,61-70H2,1-4H3. The summed E-state index contributed by atoms with van der Waals surface area (Å²) in [5.74, 6) is 8.03. The van der Waals surface area contributed by atoms with Crippen molar-refractivity contribution >= 4 is 45.2 Å². The van der Waals surface area contributed by atoms with Gasteiger partial charge in [-0.1, -0.05) is 347 Å². The molecular weight excluding hydrogens is 1390 g/mol. The van der Waals surface area contributed by atoms with E-state index in [9.17, 15) is 38.4 Å². The molecule has 16 atom stereocenters. The number of hydrogen-bond acceptors (Lipinski definition) is 8. The van der Waals surface area contributed by atoms with Crippen LogP contribution in [0.25, 0.3) is 21.5 Å². The van der Waals surface area contributed by atoms with Crippen molar-refractivity contribution in [2.45, 2.75) is 413 Å². The molecule has 626 valence electrons. The first kappa shape index (κ1) is 88.1. The maximum Gasteiger partial charge on any atom is 0.261 e. The Bertz CT molecular complexity index is 3500. The van der Waals surface area contributed by atoms with E-state index in [1.54, 1.807) is 21.9 Å². The Hall–Kier alpha value is -4.74. The van der Waals surface area contributed by atoms with Crippen molar-refractivity contribution in [3.8, 4) is 0 Å². The first-order valence-corrected chi connectivity index (χ1v) is 48.8. The zero-order valence-corrected chi connectivity index (χ0v) is 71.6. The van der Waals surface area contributed by atoms with Crippen molar-refractivity contribution in [2.24, 2.45) is 94.7 Å². The van der Waals surface area contributed by atoms with Gasteiger partial charge in [-0.15, -0.1) is 0 Å². The molecular formula is C100H158N4O8. The third kappa shape index (κ3) is 23.4. The van der Waals surface area contributed by atoms with Gasteiger partial charge in [-0.2, -0.15) is 0 Å². The van der Waals surface area contributed by atoms with E-state index in [4.69, 9.17) is 0 Å². The van der Waals surface area contributed by atoms with Gasteiger partial charge < -0.3 is 0 Å². The summed E-state index contributed by atoms with van der Waals surface area (Å²) in [7, 11) is 0. The highest BCUT2D eigenvalue weighted by molar-refractivity contribution is 6.07. The van der Waals surface area contributed by atoms with Crippen molar-refractivity contribution < 1.29 is 19.2 Å². The number of carbonyl (C=O) groups excluding carboxylic acids is 4. The van der Waals surface area contributed by atoms with Crippen molar-refractivity contribution in [3.63, 3.8) is 0 Å². The number of amides is 4. The normalized spacial score (nSPS) is 27.2. The summed E-state index contributed by atoms with van der Waals surface area (Å²) in [6.45, 7) is 11.2. The molecule has 6 aliphatic carbocycles. The smallest absolute Gasteiger partial charge is 0.261 e. The summed E-state index contributed by atoms with van der Waals surface area (Å²) in [5, 5.41) is 1.05. The monoisotopic (exact) mass is 1540 g/mol. The zero-order chi connectivity index (χ0) is 78.6. The van der Waals surface area contributed by atoms with Crippen LogP contribution in [-0.4, -0.2) is 55.7 Å². The van der Waals surface area contributed by atoms with Gasteiger partial charge >= 0.3 is 0 Å². The van der Waals surface area contributed by atoms with Gasteiger partial charge in [0.25, 0.3) is 22.2 Å². The summed E-state index contributed by atoms with van der Waals surface area (Å²) >= 11 is 0. The zero-order valence-electron chi connectivity index (χ0n) is 71.6. The number of imide groups is 2. The fourth-order valence-electron chi connectivity index (χ4n) is 24.5. The molecule has 3 aromatic rings. The fourth-order valence-corrected chi connectivity index (χ4v) is 24.5. The quantitative estimate of drug-likeness (QED) is 0.0308. The van der Waals surface area contributed by atoms with Crippen LogP contribution in [-0.2, 0) is 32.3 Å². The van der Waals surface area contributed by atoms with Gasteiger partial charge in [-0.25, -0.2) is 0 Å². The van der Waals surface area contributed by atoms with E-state index < -0.39 is 0 Å². The number of unbranched alkanes of at least 4 members (excludes halogenated alkanes) is 36. The molecule has 6 fully saturated rings. The summed E-state index contributed by atoms with van der Waals surface area (Å²) in [5.41, 5.74) is -1.36. The predicted molar refractivity (Wildman–Crippen MR) is 463 cm³/mol. The second-order valence-corrected chi connectivity index (χ2v) is 38.6. The topological polar surface area (TPSA) is 153 Å². The Morgan fingerprint density at radius 2 is 0.455 bits per heavy atom. The molecule has 4 saturated carbocycles. The summed E-state index contributed by atoms with van der Waals surface area (Å²) in [4.78, 5) is 112. The molecule has 0 spiro atoms. The van der Waals surface area contributed by atoms with Crippen LogP contribution in [0.2, 0.25) is 0 Å². The Labute approximate surface area is 678 Å². The van der Waals surface area contributed by atoms with Crippen molar-refractivity contribution in [1.29, 1.82) is 0 Å². The van der Waals surface area contributed by atoms with E-state index in [0.717, 1.165) is 124 Å². The van der Waals surface area contributed by atoms with Gasteiger partial charge in [0.1, 0.15) is 0 Å². The van der Waals surface area contributed by atoms with Crippen LogP contribution in [0.1, 0.15) is 400 Å². The van der Waals surface area contributed by atoms with Crippen LogP contribution in [0, 0.1) is 94.7 Å². The van der Waals surface area contributed by atoms with E-state index in [0.29, 0.717) is 26.2 Å². The number of benzene rings is 1. The number of aromatic nitrogens is 2. The minimum atomic E-state index is -0.340. The van der Waals surface area contributed by atoms with E-state index in [1.807, 2.05) is 0 Å². The van der Waals surface area contributed by atoms with Gasteiger partial charge in [0.05, 0.1) is 45.2 Å². The van der Waals surface area contributed by atoms with Crippen LogP contribution in [0.4, 0.5) is 0 Å². The van der Waals surface area contributed by atoms with Crippen molar-refractivity contribution in [2.75, 3.05) is 13.1 Å². The Kier molecular flexibility index (Phi) is 36.5. The number of nitrogens with zero attached hydrogens (tertiary/aromatic N) is 4. The van der Waals surface area contributed by atoms with Gasteiger partial charge in [0, 0.05) is 26.2 Å². The fraction of sp³-hybridized carbons (Fsp3) is 0.820. The Morgan fingerprint density at radius 3 is 0.723 bits per heavy atom. The number of allylic oxidation sites excluding steroid dienone is 4. The van der Waals surface area contributed by atoms with Gasteiger partial charge in [-0.3, -0.25) is 57.3 Å². The largest absolute Gasteiger partial charge is 0.282 e. The van der Waals surface area contributed by atoms with Crippen LogP contribution in [0.5, 0.6) is 0 Å². The molecule has 4 heterocycles. The molecule has 0 radical (unpaired) electrons. The molecule has 4 amide bonds. The molecule has 2 saturated heterocycles. The Balaban J connectivity index is 0.584. The minimum absolute atomic E-state index is 0.0760. The maximum absolute atomic E-state index is 13.9. The molecule has 4 bridgehead atoms. The number of fused-ring (bicyclic) bond motifs is 12. The minimum Gasteiger partial charge on any atom is -0.282 e. The average Bonchev–Trinajstić information content (AvgIpc) is 1.53.